The first-order chi connectivity index (χ1) is 15.0. The van der Waals surface area contributed by atoms with Gasteiger partial charge in [0.05, 0.1) is 4.90 Å². The smallest absolute Gasteiger partial charge is 0.253 e. The van der Waals surface area contributed by atoms with Crippen LogP contribution in [-0.4, -0.2) is 72.7 Å². The number of rotatable bonds is 5. The molecule has 0 radical (unpaired) electrons. The highest BCUT2D eigenvalue weighted by molar-refractivity contribution is 7.89. The van der Waals surface area contributed by atoms with E-state index in [4.69, 9.17) is 0 Å². The van der Waals surface area contributed by atoms with E-state index in [2.05, 4.69) is 9.88 Å². The molecule has 2 saturated heterocycles. The van der Waals surface area contributed by atoms with Gasteiger partial charge in [-0.2, -0.15) is 4.31 Å². The second-order valence-corrected chi connectivity index (χ2v) is 10.2. The van der Waals surface area contributed by atoms with Crippen LogP contribution in [0.3, 0.4) is 0 Å². The molecular formula is C23H30N4O3S. The van der Waals surface area contributed by atoms with Crippen LogP contribution in [0.1, 0.15) is 41.6 Å². The minimum Gasteiger partial charge on any atom is -0.336 e. The van der Waals surface area contributed by atoms with E-state index in [1.807, 2.05) is 17.0 Å². The first kappa shape index (κ1) is 21.9. The average molecular weight is 443 g/mol. The molecule has 2 aliphatic heterocycles. The van der Waals surface area contributed by atoms with Gasteiger partial charge in [-0.3, -0.25) is 14.7 Å². The van der Waals surface area contributed by atoms with Gasteiger partial charge >= 0.3 is 0 Å². The third-order valence-corrected chi connectivity index (χ3v) is 8.03. The Morgan fingerprint density at radius 1 is 0.806 bits per heavy atom. The fourth-order valence-electron chi connectivity index (χ4n) is 4.24. The summed E-state index contributed by atoms with van der Waals surface area (Å²) >= 11 is 0. The number of hydrogen-bond donors (Lipinski definition) is 0. The molecular weight excluding hydrogens is 412 g/mol. The van der Waals surface area contributed by atoms with Crippen LogP contribution >= 0.6 is 0 Å². The van der Waals surface area contributed by atoms with Crippen molar-refractivity contribution < 1.29 is 13.2 Å². The molecule has 1 aromatic carbocycles. The Morgan fingerprint density at radius 2 is 1.42 bits per heavy atom. The molecule has 1 amide bonds. The fraction of sp³-hybridized carbons (Fsp3) is 0.478. The van der Waals surface area contributed by atoms with Crippen molar-refractivity contribution in [1.82, 2.24) is 19.1 Å². The summed E-state index contributed by atoms with van der Waals surface area (Å²) in [6, 6.07) is 10.5. The van der Waals surface area contributed by atoms with Crippen molar-refractivity contribution >= 4 is 15.9 Å². The van der Waals surface area contributed by atoms with E-state index in [1.54, 1.807) is 41.0 Å². The third-order valence-electron chi connectivity index (χ3n) is 6.12. The Bertz CT molecular complexity index is 964. The maximum atomic E-state index is 12.9. The minimum atomic E-state index is -3.49. The Morgan fingerprint density at radius 3 is 2.03 bits per heavy atom. The molecule has 0 aliphatic carbocycles. The highest BCUT2D eigenvalue weighted by Gasteiger charge is 2.26. The number of carbonyl (C=O) groups is 1. The lowest BCUT2D eigenvalue weighted by atomic mass is 10.1. The first-order valence-electron chi connectivity index (χ1n) is 11.0. The first-order valence-corrected chi connectivity index (χ1v) is 12.5. The Hall–Kier alpha value is -2.29. The van der Waals surface area contributed by atoms with Gasteiger partial charge in [0.1, 0.15) is 0 Å². The fourth-order valence-corrected chi connectivity index (χ4v) is 5.76. The normalized spacial score (nSPS) is 19.2. The predicted molar refractivity (Wildman–Crippen MR) is 119 cm³/mol. The molecule has 166 valence electrons. The van der Waals surface area contributed by atoms with Crippen molar-refractivity contribution in [2.45, 2.75) is 37.1 Å². The summed E-state index contributed by atoms with van der Waals surface area (Å²) in [5, 5.41) is 0. The zero-order chi connectivity index (χ0) is 21.7. The maximum absolute atomic E-state index is 12.9. The van der Waals surface area contributed by atoms with Gasteiger partial charge in [0, 0.05) is 63.8 Å². The quantitative estimate of drug-likeness (QED) is 0.712. The van der Waals surface area contributed by atoms with Gasteiger partial charge in [-0.25, -0.2) is 8.42 Å². The summed E-state index contributed by atoms with van der Waals surface area (Å²) in [5.74, 6) is -0.0396. The van der Waals surface area contributed by atoms with Crippen LogP contribution in [0.25, 0.3) is 0 Å². The minimum absolute atomic E-state index is 0.0396. The van der Waals surface area contributed by atoms with Crippen LogP contribution in [-0.2, 0) is 16.6 Å². The second-order valence-electron chi connectivity index (χ2n) is 8.27. The topological polar surface area (TPSA) is 73.8 Å². The summed E-state index contributed by atoms with van der Waals surface area (Å²) < 4.78 is 27.4. The highest BCUT2D eigenvalue weighted by Crippen LogP contribution is 2.21. The van der Waals surface area contributed by atoms with Crippen LogP contribution in [0.4, 0.5) is 0 Å². The molecule has 8 heteroatoms. The molecule has 0 atom stereocenters. The molecule has 0 bridgehead atoms. The van der Waals surface area contributed by atoms with Crippen molar-refractivity contribution in [1.29, 1.82) is 0 Å². The summed E-state index contributed by atoms with van der Waals surface area (Å²) in [4.78, 5) is 21.4. The summed E-state index contributed by atoms with van der Waals surface area (Å²) in [7, 11) is -3.49. The number of benzene rings is 1. The molecule has 0 saturated carbocycles. The molecule has 1 aromatic heterocycles. The highest BCUT2D eigenvalue weighted by atomic mass is 32.2. The lowest BCUT2D eigenvalue weighted by Crippen LogP contribution is -2.48. The molecule has 0 N–H and O–H groups in total. The lowest BCUT2D eigenvalue weighted by Gasteiger charge is -2.34. The van der Waals surface area contributed by atoms with Gasteiger partial charge in [-0.05, 0) is 54.8 Å². The van der Waals surface area contributed by atoms with Crippen LogP contribution in [0.5, 0.6) is 0 Å². The lowest BCUT2D eigenvalue weighted by molar-refractivity contribution is 0.0628. The van der Waals surface area contributed by atoms with E-state index in [9.17, 15) is 13.2 Å². The molecule has 2 aliphatic rings. The molecule has 0 unspecified atom stereocenters. The summed E-state index contributed by atoms with van der Waals surface area (Å²) in [6.07, 6.45) is 7.56. The van der Waals surface area contributed by atoms with E-state index in [-0.39, 0.29) is 10.8 Å². The van der Waals surface area contributed by atoms with Crippen LogP contribution in [0.2, 0.25) is 0 Å². The zero-order valence-electron chi connectivity index (χ0n) is 17.8. The number of sulfonamides is 1. The van der Waals surface area contributed by atoms with Crippen LogP contribution in [0, 0.1) is 0 Å². The average Bonchev–Trinajstić information content (AvgIpc) is 3.10. The van der Waals surface area contributed by atoms with Crippen molar-refractivity contribution in [2.75, 3.05) is 39.3 Å². The zero-order valence-corrected chi connectivity index (χ0v) is 18.6. The van der Waals surface area contributed by atoms with Gasteiger partial charge in [-0.1, -0.05) is 12.8 Å². The number of hydrogen-bond acceptors (Lipinski definition) is 5. The Balaban J connectivity index is 1.35. The Labute approximate surface area is 184 Å². The van der Waals surface area contributed by atoms with Crippen LogP contribution in [0.15, 0.2) is 53.7 Å². The van der Waals surface area contributed by atoms with Gasteiger partial charge in [0.2, 0.25) is 10.0 Å². The number of carbonyl (C=O) groups excluding carboxylic acids is 1. The number of pyridine rings is 1. The molecule has 3 heterocycles. The van der Waals surface area contributed by atoms with Gasteiger partial charge in [0.25, 0.3) is 5.91 Å². The van der Waals surface area contributed by atoms with Crippen molar-refractivity contribution in [3.8, 4) is 0 Å². The van der Waals surface area contributed by atoms with Gasteiger partial charge in [0.15, 0.2) is 0 Å². The Kier molecular flexibility index (Phi) is 6.99. The third kappa shape index (κ3) is 5.31. The monoisotopic (exact) mass is 442 g/mol. The van der Waals surface area contributed by atoms with E-state index in [1.165, 1.54) is 5.56 Å². The van der Waals surface area contributed by atoms with E-state index >= 15 is 0 Å². The standard InChI is InChI=1S/C23H30N4O3S/c28-23(26-17-15-25(16-18-26)19-20-9-11-24-12-10-20)21-5-7-22(8-6-21)31(29,30)27-13-3-1-2-4-14-27/h5-12H,1-4,13-19H2. The second kappa shape index (κ2) is 9.89. The van der Waals surface area contributed by atoms with Crippen molar-refractivity contribution in [2.24, 2.45) is 0 Å². The number of aromatic nitrogens is 1. The molecule has 4 rings (SSSR count). The predicted octanol–water partition coefficient (Wildman–Crippen LogP) is 2.60. The molecule has 31 heavy (non-hydrogen) atoms. The van der Waals surface area contributed by atoms with Gasteiger partial charge in [-0.15, -0.1) is 0 Å². The molecule has 7 nitrogen and oxygen atoms in total. The van der Waals surface area contributed by atoms with Gasteiger partial charge < -0.3 is 4.90 Å². The maximum Gasteiger partial charge on any atom is 0.253 e. The largest absolute Gasteiger partial charge is 0.336 e. The van der Waals surface area contributed by atoms with Crippen molar-refractivity contribution in [3.05, 3.63) is 59.9 Å². The van der Waals surface area contributed by atoms with E-state index in [0.29, 0.717) is 31.7 Å². The molecule has 2 aromatic rings. The SMILES string of the molecule is O=C(c1ccc(S(=O)(=O)N2CCCCCC2)cc1)N1CCN(Cc2ccncc2)CC1. The number of nitrogens with zero attached hydrogens (tertiary/aromatic N) is 4. The van der Waals surface area contributed by atoms with E-state index in [0.717, 1.165) is 45.3 Å². The van der Waals surface area contributed by atoms with E-state index < -0.39 is 10.0 Å². The van der Waals surface area contributed by atoms with Crippen LogP contribution < -0.4 is 0 Å². The summed E-state index contributed by atoms with van der Waals surface area (Å²) in [6.45, 7) is 4.97. The summed E-state index contributed by atoms with van der Waals surface area (Å²) in [5.41, 5.74) is 1.76. The van der Waals surface area contributed by atoms with Crippen molar-refractivity contribution in [3.63, 3.8) is 0 Å². The molecule has 2 fully saturated rings. The number of amides is 1. The molecule has 0 spiro atoms. The number of piperazine rings is 1.